The van der Waals surface area contributed by atoms with Crippen LogP contribution in [0.2, 0.25) is 0 Å². The number of thiophene rings is 1. The van der Waals surface area contributed by atoms with Crippen molar-refractivity contribution in [2.45, 2.75) is 39.9 Å². The van der Waals surface area contributed by atoms with E-state index in [0.29, 0.717) is 18.8 Å². The van der Waals surface area contributed by atoms with E-state index in [1.54, 1.807) is 28.4 Å². The van der Waals surface area contributed by atoms with Crippen LogP contribution in [-0.4, -0.2) is 34.3 Å². The van der Waals surface area contributed by atoms with Gasteiger partial charge in [-0.1, -0.05) is 35.9 Å². The molecular formula is C25H28FN3O2S. The minimum Gasteiger partial charge on any atom is -0.332 e. The molecule has 0 radical (unpaired) electrons. The molecule has 5 nitrogen and oxygen atoms in total. The monoisotopic (exact) mass is 453 g/mol. The summed E-state index contributed by atoms with van der Waals surface area (Å²) in [5.41, 5.74) is 2.61. The molecule has 0 bridgehead atoms. The van der Waals surface area contributed by atoms with E-state index in [0.717, 1.165) is 16.0 Å². The van der Waals surface area contributed by atoms with Gasteiger partial charge in [-0.3, -0.25) is 4.79 Å². The van der Waals surface area contributed by atoms with Crippen LogP contribution < -0.4 is 5.32 Å². The molecule has 0 aliphatic heterocycles. The maximum Gasteiger partial charge on any atom is 0.322 e. The molecule has 2 aromatic carbocycles. The fraction of sp³-hybridized carbons (Fsp3) is 0.280. The van der Waals surface area contributed by atoms with Gasteiger partial charge in [-0.25, -0.2) is 9.18 Å². The predicted molar refractivity (Wildman–Crippen MR) is 127 cm³/mol. The van der Waals surface area contributed by atoms with E-state index >= 15 is 0 Å². The van der Waals surface area contributed by atoms with E-state index in [4.69, 9.17) is 0 Å². The molecule has 1 heterocycles. The van der Waals surface area contributed by atoms with Crippen LogP contribution >= 0.6 is 11.3 Å². The highest BCUT2D eigenvalue weighted by molar-refractivity contribution is 7.09. The first-order valence-corrected chi connectivity index (χ1v) is 11.4. The molecule has 1 N–H and O–H groups in total. The molecule has 3 aromatic rings. The number of hydrogen-bond acceptors (Lipinski definition) is 3. The number of halogens is 1. The van der Waals surface area contributed by atoms with Gasteiger partial charge in [0.25, 0.3) is 0 Å². The van der Waals surface area contributed by atoms with Crippen LogP contribution in [0.25, 0.3) is 0 Å². The largest absolute Gasteiger partial charge is 0.332 e. The van der Waals surface area contributed by atoms with Gasteiger partial charge in [0.15, 0.2) is 0 Å². The number of aryl methyl sites for hydroxylation is 1. The van der Waals surface area contributed by atoms with Crippen LogP contribution in [-0.2, 0) is 17.9 Å². The molecule has 32 heavy (non-hydrogen) atoms. The number of carbonyl (C=O) groups is 2. The lowest BCUT2D eigenvalue weighted by atomic mass is 10.2. The second-order valence-electron chi connectivity index (χ2n) is 7.97. The van der Waals surface area contributed by atoms with E-state index < -0.39 is 0 Å². The minimum absolute atomic E-state index is 0.0536. The zero-order valence-electron chi connectivity index (χ0n) is 18.5. The van der Waals surface area contributed by atoms with Crippen LogP contribution in [0.5, 0.6) is 0 Å². The number of hydrogen-bond donors (Lipinski definition) is 1. The van der Waals surface area contributed by atoms with Gasteiger partial charge in [-0.15, -0.1) is 11.3 Å². The van der Waals surface area contributed by atoms with Crippen molar-refractivity contribution in [1.29, 1.82) is 0 Å². The maximum absolute atomic E-state index is 13.3. The predicted octanol–water partition coefficient (Wildman–Crippen LogP) is 5.67. The first-order valence-electron chi connectivity index (χ1n) is 10.5. The molecule has 3 amide bonds. The van der Waals surface area contributed by atoms with Gasteiger partial charge in [-0.05, 0) is 62.0 Å². The highest BCUT2D eigenvalue weighted by atomic mass is 32.1. The van der Waals surface area contributed by atoms with E-state index in [2.05, 4.69) is 5.32 Å². The Hall–Kier alpha value is -3.19. The molecule has 168 valence electrons. The number of benzene rings is 2. The van der Waals surface area contributed by atoms with Crippen LogP contribution in [0.3, 0.4) is 0 Å². The first kappa shape index (κ1) is 23.5. The van der Waals surface area contributed by atoms with Gasteiger partial charge >= 0.3 is 6.03 Å². The molecule has 0 saturated carbocycles. The third kappa shape index (κ3) is 6.65. The summed E-state index contributed by atoms with van der Waals surface area (Å²) in [6.07, 6.45) is 0. The van der Waals surface area contributed by atoms with E-state index in [1.165, 1.54) is 17.0 Å². The molecule has 1 aromatic heterocycles. The van der Waals surface area contributed by atoms with Crippen molar-refractivity contribution in [3.63, 3.8) is 0 Å². The standard InChI is InChI=1S/C25H28FN3O2S/c1-18(2)29(25(31)27-22-12-6-19(3)7-13-22)17-24(30)28(16-23-5-4-14-32-23)15-20-8-10-21(26)11-9-20/h4-14,18H,15-17H2,1-3H3,(H,27,31). The number of carbonyl (C=O) groups excluding carboxylic acids is 2. The van der Waals surface area contributed by atoms with Crippen molar-refractivity contribution in [3.8, 4) is 0 Å². The van der Waals surface area contributed by atoms with E-state index in [1.807, 2.05) is 62.5 Å². The van der Waals surface area contributed by atoms with Gasteiger partial charge in [0.05, 0.1) is 6.54 Å². The Morgan fingerprint density at radius 2 is 1.69 bits per heavy atom. The number of urea groups is 1. The lowest BCUT2D eigenvalue weighted by molar-refractivity contribution is -0.133. The Morgan fingerprint density at radius 1 is 1.00 bits per heavy atom. The number of rotatable bonds is 8. The third-order valence-electron chi connectivity index (χ3n) is 5.06. The maximum atomic E-state index is 13.3. The van der Waals surface area contributed by atoms with Crippen molar-refractivity contribution in [1.82, 2.24) is 9.80 Å². The molecular weight excluding hydrogens is 425 g/mol. The van der Waals surface area contributed by atoms with Crippen molar-refractivity contribution in [2.75, 3.05) is 11.9 Å². The molecule has 0 saturated heterocycles. The molecule has 3 rings (SSSR count). The number of anilines is 1. The van der Waals surface area contributed by atoms with Crippen molar-refractivity contribution in [3.05, 3.63) is 87.9 Å². The summed E-state index contributed by atoms with van der Waals surface area (Å²) >= 11 is 1.57. The van der Waals surface area contributed by atoms with Gasteiger partial charge < -0.3 is 15.1 Å². The van der Waals surface area contributed by atoms with Gasteiger partial charge in [-0.2, -0.15) is 0 Å². The average Bonchev–Trinajstić information content (AvgIpc) is 3.27. The Labute approximate surface area is 192 Å². The second kappa shape index (κ2) is 10.9. The third-order valence-corrected chi connectivity index (χ3v) is 5.92. The Kier molecular flexibility index (Phi) is 8.00. The average molecular weight is 454 g/mol. The molecule has 0 unspecified atom stereocenters. The zero-order chi connectivity index (χ0) is 23.1. The fourth-order valence-electron chi connectivity index (χ4n) is 3.20. The summed E-state index contributed by atoms with van der Waals surface area (Å²) in [7, 11) is 0. The smallest absolute Gasteiger partial charge is 0.322 e. The zero-order valence-corrected chi connectivity index (χ0v) is 19.4. The van der Waals surface area contributed by atoms with E-state index in [-0.39, 0.29) is 30.3 Å². The van der Waals surface area contributed by atoms with Crippen LogP contribution in [0, 0.1) is 12.7 Å². The highest BCUT2D eigenvalue weighted by Gasteiger charge is 2.24. The lowest BCUT2D eigenvalue weighted by Crippen LogP contribution is -2.47. The van der Waals surface area contributed by atoms with Gasteiger partial charge in [0, 0.05) is 23.2 Å². The molecule has 0 spiro atoms. The Morgan fingerprint density at radius 3 is 2.28 bits per heavy atom. The summed E-state index contributed by atoms with van der Waals surface area (Å²) in [6, 6.07) is 17.1. The number of nitrogens with zero attached hydrogens (tertiary/aromatic N) is 2. The quantitative estimate of drug-likeness (QED) is 0.478. The normalized spacial score (nSPS) is 10.8. The lowest BCUT2D eigenvalue weighted by Gasteiger charge is -2.30. The molecule has 0 aliphatic rings. The van der Waals surface area contributed by atoms with E-state index in [9.17, 15) is 14.0 Å². The van der Waals surface area contributed by atoms with Crippen LogP contribution in [0.4, 0.5) is 14.9 Å². The molecule has 0 fully saturated rings. The summed E-state index contributed by atoms with van der Waals surface area (Å²) in [5, 5.41) is 4.84. The van der Waals surface area contributed by atoms with Crippen molar-refractivity contribution < 1.29 is 14.0 Å². The summed E-state index contributed by atoms with van der Waals surface area (Å²) in [6.45, 7) is 6.45. The molecule has 7 heteroatoms. The molecule has 0 aliphatic carbocycles. The highest BCUT2D eigenvalue weighted by Crippen LogP contribution is 2.17. The second-order valence-corrected chi connectivity index (χ2v) is 9.01. The number of amides is 3. The van der Waals surface area contributed by atoms with Crippen molar-refractivity contribution in [2.24, 2.45) is 0 Å². The summed E-state index contributed by atoms with van der Waals surface area (Å²) in [4.78, 5) is 30.5. The first-order chi connectivity index (χ1) is 15.3. The molecule has 0 atom stereocenters. The van der Waals surface area contributed by atoms with Crippen LogP contribution in [0.1, 0.15) is 29.9 Å². The Bertz CT molecular complexity index is 1020. The topological polar surface area (TPSA) is 52.7 Å². The fourth-order valence-corrected chi connectivity index (χ4v) is 3.92. The summed E-state index contributed by atoms with van der Waals surface area (Å²) < 4.78 is 13.3. The minimum atomic E-state index is -0.324. The SMILES string of the molecule is Cc1ccc(NC(=O)N(CC(=O)N(Cc2ccc(F)cc2)Cc2cccs2)C(C)C)cc1. The Balaban J connectivity index is 1.74. The van der Waals surface area contributed by atoms with Crippen molar-refractivity contribution >= 4 is 29.0 Å². The summed E-state index contributed by atoms with van der Waals surface area (Å²) in [5.74, 6) is -0.487. The van der Waals surface area contributed by atoms with Crippen LogP contribution in [0.15, 0.2) is 66.0 Å². The van der Waals surface area contributed by atoms with Gasteiger partial charge in [0.1, 0.15) is 12.4 Å². The van der Waals surface area contributed by atoms with Gasteiger partial charge in [0.2, 0.25) is 5.91 Å². The number of nitrogens with one attached hydrogen (secondary N) is 1.